The molecule has 0 saturated carbocycles. The topological polar surface area (TPSA) is 81.3 Å². The van der Waals surface area contributed by atoms with E-state index in [1.165, 1.54) is 0 Å². The van der Waals surface area contributed by atoms with Crippen molar-refractivity contribution in [1.82, 2.24) is 0 Å². The van der Waals surface area contributed by atoms with Crippen molar-refractivity contribution in [3.05, 3.63) is 66.4 Å². The molecule has 2 atom stereocenters. The van der Waals surface area contributed by atoms with Crippen molar-refractivity contribution >= 4 is 5.69 Å². The maximum Gasteiger partial charge on any atom is 0.105 e. The van der Waals surface area contributed by atoms with Gasteiger partial charge in [0.15, 0.2) is 0 Å². The molecule has 1 aromatic carbocycles. The summed E-state index contributed by atoms with van der Waals surface area (Å²) in [7, 11) is 0. The molecule has 2 rings (SSSR count). The van der Waals surface area contributed by atoms with Crippen molar-refractivity contribution in [2.75, 3.05) is 5.01 Å². The van der Waals surface area contributed by atoms with Gasteiger partial charge in [0.25, 0.3) is 0 Å². The zero-order valence-corrected chi connectivity index (χ0v) is 11.0. The molecule has 0 amide bonds. The number of rotatable bonds is 3. The molecule has 0 aromatic heterocycles. The normalized spacial score (nSPS) is 23.6. The summed E-state index contributed by atoms with van der Waals surface area (Å²) in [4.78, 5) is 0. The lowest BCUT2D eigenvalue weighted by Crippen LogP contribution is -2.55. The van der Waals surface area contributed by atoms with Crippen LogP contribution in [0, 0.1) is 5.41 Å². The van der Waals surface area contributed by atoms with E-state index in [0.717, 1.165) is 5.69 Å². The lowest BCUT2D eigenvalue weighted by atomic mass is 9.86. The molecule has 0 saturated heterocycles. The second-order valence-electron chi connectivity index (χ2n) is 4.91. The minimum atomic E-state index is -0.387. The van der Waals surface area contributed by atoms with Crippen LogP contribution in [-0.2, 0) is 0 Å². The minimum absolute atomic E-state index is 0.387. The molecule has 0 fully saturated rings. The fourth-order valence-corrected chi connectivity index (χ4v) is 2.01. The third kappa shape index (κ3) is 2.86. The third-order valence-electron chi connectivity index (χ3n) is 3.37. The van der Waals surface area contributed by atoms with Crippen LogP contribution in [-0.4, -0.2) is 6.17 Å². The second-order valence-corrected chi connectivity index (χ2v) is 4.91. The van der Waals surface area contributed by atoms with Crippen LogP contribution in [0.4, 0.5) is 5.69 Å². The fraction of sp³-hybridized carbons (Fsp3) is 0.200. The summed E-state index contributed by atoms with van der Waals surface area (Å²) in [6.07, 6.45) is 9.22. The van der Waals surface area contributed by atoms with Crippen molar-refractivity contribution in [3.63, 3.8) is 0 Å². The molecule has 2 unspecified atom stereocenters. The summed E-state index contributed by atoms with van der Waals surface area (Å²) in [5.74, 6) is 6.13. The predicted molar refractivity (Wildman–Crippen MR) is 79.7 cm³/mol. The van der Waals surface area contributed by atoms with Gasteiger partial charge in [0.05, 0.1) is 5.69 Å². The van der Waals surface area contributed by atoms with E-state index >= 15 is 0 Å². The molecule has 0 radical (unpaired) electrons. The molecule has 0 spiro atoms. The highest BCUT2D eigenvalue weighted by Gasteiger charge is 2.30. The highest BCUT2D eigenvalue weighted by Crippen LogP contribution is 2.29. The van der Waals surface area contributed by atoms with Gasteiger partial charge in [-0.25, -0.2) is 5.84 Å². The van der Waals surface area contributed by atoms with Crippen molar-refractivity contribution in [3.8, 4) is 0 Å². The van der Waals surface area contributed by atoms with E-state index in [0.29, 0.717) is 5.70 Å². The molecule has 0 aliphatic heterocycles. The smallest absolute Gasteiger partial charge is 0.105 e. The maximum atomic E-state index is 6.31. The SMILES string of the molecule is CC1(C(N)N(N)c2ccccc2)C=CC=C(N)C=C1. The Hall–Kier alpha value is -2.04. The highest BCUT2D eigenvalue weighted by molar-refractivity contribution is 5.46. The van der Waals surface area contributed by atoms with Crippen LogP contribution < -0.4 is 22.3 Å². The second kappa shape index (κ2) is 5.30. The van der Waals surface area contributed by atoms with E-state index in [1.807, 2.05) is 67.6 Å². The summed E-state index contributed by atoms with van der Waals surface area (Å²) < 4.78 is 0. The third-order valence-corrected chi connectivity index (χ3v) is 3.37. The van der Waals surface area contributed by atoms with Crippen LogP contribution in [0.5, 0.6) is 0 Å². The first-order valence-corrected chi connectivity index (χ1v) is 6.22. The standard InChI is InChI=1S/C15H20N4/c1-15(10-5-6-12(16)9-11-15)14(17)19(18)13-7-3-2-4-8-13/h2-11,14H,16-18H2,1H3. The number of hydrazine groups is 1. The largest absolute Gasteiger partial charge is 0.399 e. The van der Waals surface area contributed by atoms with E-state index in [2.05, 4.69) is 0 Å². The molecule has 4 nitrogen and oxygen atoms in total. The molecule has 19 heavy (non-hydrogen) atoms. The molecule has 0 heterocycles. The Balaban J connectivity index is 2.24. The maximum absolute atomic E-state index is 6.31. The Bertz CT molecular complexity index is 518. The molecule has 1 aliphatic rings. The number of nitrogens with zero attached hydrogens (tertiary/aromatic N) is 1. The Morgan fingerprint density at radius 1 is 1.16 bits per heavy atom. The average molecular weight is 256 g/mol. The summed E-state index contributed by atoms with van der Waals surface area (Å²) in [5.41, 5.74) is 13.3. The Kier molecular flexibility index (Phi) is 3.74. The van der Waals surface area contributed by atoms with Gasteiger partial charge in [-0.15, -0.1) is 0 Å². The number of anilines is 1. The molecule has 100 valence electrons. The monoisotopic (exact) mass is 256 g/mol. The number of para-hydroxylation sites is 1. The zero-order valence-electron chi connectivity index (χ0n) is 11.0. The Morgan fingerprint density at radius 3 is 2.53 bits per heavy atom. The van der Waals surface area contributed by atoms with Crippen LogP contribution in [0.3, 0.4) is 0 Å². The zero-order chi connectivity index (χ0) is 13.9. The van der Waals surface area contributed by atoms with Gasteiger partial charge in [0.2, 0.25) is 0 Å². The van der Waals surface area contributed by atoms with Crippen LogP contribution in [0.1, 0.15) is 6.92 Å². The lowest BCUT2D eigenvalue weighted by Gasteiger charge is -2.36. The first-order chi connectivity index (χ1) is 9.03. The molecule has 4 heteroatoms. The lowest BCUT2D eigenvalue weighted by molar-refractivity contribution is 0.405. The number of allylic oxidation sites excluding steroid dienone is 3. The van der Waals surface area contributed by atoms with Crippen LogP contribution in [0.2, 0.25) is 0 Å². The van der Waals surface area contributed by atoms with Crippen LogP contribution in [0.25, 0.3) is 0 Å². The van der Waals surface area contributed by atoms with Gasteiger partial charge in [-0.3, -0.25) is 5.01 Å². The number of benzene rings is 1. The number of nitrogens with two attached hydrogens (primary N) is 3. The average Bonchev–Trinajstić information content (AvgIpc) is 2.61. The van der Waals surface area contributed by atoms with Gasteiger partial charge in [-0.05, 0) is 31.2 Å². The predicted octanol–water partition coefficient (Wildman–Crippen LogP) is 1.63. The minimum Gasteiger partial charge on any atom is -0.399 e. The fourth-order valence-electron chi connectivity index (χ4n) is 2.01. The molecule has 1 aliphatic carbocycles. The van der Waals surface area contributed by atoms with Crippen molar-refractivity contribution < 1.29 is 0 Å². The summed E-state index contributed by atoms with van der Waals surface area (Å²) >= 11 is 0. The quantitative estimate of drug-likeness (QED) is 0.436. The summed E-state index contributed by atoms with van der Waals surface area (Å²) in [6, 6.07) is 9.67. The molecular formula is C15H20N4. The summed E-state index contributed by atoms with van der Waals surface area (Å²) in [5, 5.41) is 1.58. The van der Waals surface area contributed by atoms with Gasteiger partial charge < -0.3 is 11.5 Å². The van der Waals surface area contributed by atoms with Crippen molar-refractivity contribution in [1.29, 1.82) is 0 Å². The van der Waals surface area contributed by atoms with Crippen molar-refractivity contribution in [2.24, 2.45) is 22.7 Å². The molecule has 1 aromatic rings. The van der Waals surface area contributed by atoms with E-state index in [9.17, 15) is 0 Å². The first-order valence-electron chi connectivity index (χ1n) is 6.22. The molecule has 6 N–H and O–H groups in total. The Labute approximate surface area is 113 Å². The van der Waals surface area contributed by atoms with E-state index in [4.69, 9.17) is 17.3 Å². The number of hydrogen-bond acceptors (Lipinski definition) is 4. The van der Waals surface area contributed by atoms with Gasteiger partial charge in [-0.1, -0.05) is 36.4 Å². The van der Waals surface area contributed by atoms with E-state index in [1.54, 1.807) is 5.01 Å². The van der Waals surface area contributed by atoms with Gasteiger partial charge in [-0.2, -0.15) is 0 Å². The molecule has 0 bridgehead atoms. The Morgan fingerprint density at radius 2 is 1.84 bits per heavy atom. The first kappa shape index (κ1) is 13.4. The highest BCUT2D eigenvalue weighted by atomic mass is 15.5. The van der Waals surface area contributed by atoms with Crippen LogP contribution in [0.15, 0.2) is 66.4 Å². The summed E-state index contributed by atoms with van der Waals surface area (Å²) in [6.45, 7) is 2.03. The van der Waals surface area contributed by atoms with Gasteiger partial charge in [0.1, 0.15) is 6.17 Å². The van der Waals surface area contributed by atoms with Crippen LogP contribution >= 0.6 is 0 Å². The van der Waals surface area contributed by atoms with Crippen molar-refractivity contribution in [2.45, 2.75) is 13.1 Å². The number of hydrogen-bond donors (Lipinski definition) is 3. The van der Waals surface area contributed by atoms with E-state index < -0.39 is 0 Å². The van der Waals surface area contributed by atoms with E-state index in [-0.39, 0.29) is 11.6 Å². The van der Waals surface area contributed by atoms with Gasteiger partial charge >= 0.3 is 0 Å². The van der Waals surface area contributed by atoms with Gasteiger partial charge in [0, 0.05) is 11.1 Å². The molecular weight excluding hydrogens is 236 g/mol.